The maximum Gasteiger partial charge on any atom is 0.316 e. The SMILES string of the molecule is CCc1ccc(-c2noc(COC(=O)CSc3cc(F)ccc3F)n2)cc1. The summed E-state index contributed by atoms with van der Waals surface area (Å²) in [7, 11) is 0. The molecule has 5 nitrogen and oxygen atoms in total. The molecule has 0 saturated heterocycles. The largest absolute Gasteiger partial charge is 0.455 e. The van der Waals surface area contributed by atoms with Crippen molar-refractivity contribution in [3.05, 3.63) is 65.6 Å². The quantitative estimate of drug-likeness (QED) is 0.440. The first-order valence-corrected chi connectivity index (χ1v) is 9.19. The second kappa shape index (κ2) is 8.77. The Hall–Kier alpha value is -2.74. The van der Waals surface area contributed by atoms with Gasteiger partial charge in [0.05, 0.1) is 5.75 Å². The summed E-state index contributed by atoms with van der Waals surface area (Å²) in [4.78, 5) is 16.0. The number of rotatable bonds is 7. The van der Waals surface area contributed by atoms with Crippen molar-refractivity contribution in [1.29, 1.82) is 0 Å². The number of ether oxygens (including phenoxy) is 1. The van der Waals surface area contributed by atoms with Crippen molar-refractivity contribution >= 4 is 17.7 Å². The van der Waals surface area contributed by atoms with Crippen molar-refractivity contribution in [3.8, 4) is 11.4 Å². The molecule has 0 aliphatic rings. The van der Waals surface area contributed by atoms with Crippen LogP contribution in [0.15, 0.2) is 51.9 Å². The standard InChI is InChI=1S/C19H16F2N2O3S/c1-2-12-3-5-13(6-4-12)19-22-17(26-23-19)10-25-18(24)11-27-16-9-14(20)7-8-15(16)21/h3-9H,2,10-11H2,1H3. The Labute approximate surface area is 158 Å². The number of aryl methyl sites for hydroxylation is 1. The van der Waals surface area contributed by atoms with Crippen molar-refractivity contribution in [1.82, 2.24) is 10.1 Å². The zero-order valence-corrected chi connectivity index (χ0v) is 15.3. The molecule has 1 heterocycles. The van der Waals surface area contributed by atoms with Crippen LogP contribution in [0.25, 0.3) is 11.4 Å². The first-order chi connectivity index (χ1) is 13.0. The lowest BCUT2D eigenvalue weighted by atomic mass is 10.1. The van der Waals surface area contributed by atoms with Crippen LogP contribution in [0.1, 0.15) is 18.4 Å². The molecular formula is C19H16F2N2O3S. The van der Waals surface area contributed by atoms with Gasteiger partial charge in [-0.15, -0.1) is 11.8 Å². The van der Waals surface area contributed by atoms with Crippen LogP contribution in [0.3, 0.4) is 0 Å². The van der Waals surface area contributed by atoms with E-state index in [1.54, 1.807) is 0 Å². The predicted octanol–water partition coefficient (Wildman–Crippen LogP) is 4.41. The molecule has 0 spiro atoms. The molecule has 0 aliphatic carbocycles. The Kier molecular flexibility index (Phi) is 6.18. The molecule has 0 bridgehead atoms. The van der Waals surface area contributed by atoms with Crippen molar-refractivity contribution in [2.75, 3.05) is 5.75 Å². The third-order valence-electron chi connectivity index (χ3n) is 3.68. The van der Waals surface area contributed by atoms with E-state index in [-0.39, 0.29) is 23.1 Å². The van der Waals surface area contributed by atoms with Crippen molar-refractivity contribution in [2.24, 2.45) is 0 Å². The van der Waals surface area contributed by atoms with Crippen LogP contribution in [0.2, 0.25) is 0 Å². The highest BCUT2D eigenvalue weighted by Gasteiger charge is 2.13. The Morgan fingerprint density at radius 3 is 2.70 bits per heavy atom. The van der Waals surface area contributed by atoms with E-state index in [1.807, 2.05) is 24.3 Å². The number of aromatic nitrogens is 2. The van der Waals surface area contributed by atoms with Gasteiger partial charge >= 0.3 is 5.97 Å². The average molecular weight is 390 g/mol. The minimum absolute atomic E-state index is 0.0440. The van der Waals surface area contributed by atoms with Gasteiger partial charge in [0.25, 0.3) is 5.89 Å². The summed E-state index contributed by atoms with van der Waals surface area (Å²) >= 11 is 0.854. The molecule has 3 rings (SSSR count). The van der Waals surface area contributed by atoms with Gasteiger partial charge in [0, 0.05) is 10.5 Å². The zero-order chi connectivity index (χ0) is 19.2. The number of benzene rings is 2. The summed E-state index contributed by atoms with van der Waals surface area (Å²) in [6.07, 6.45) is 0.936. The van der Waals surface area contributed by atoms with Crippen LogP contribution < -0.4 is 0 Å². The average Bonchev–Trinajstić information content (AvgIpc) is 3.16. The summed E-state index contributed by atoms with van der Waals surface area (Å²) in [5, 5.41) is 3.86. The number of carbonyl (C=O) groups is 1. The Morgan fingerprint density at radius 1 is 1.19 bits per heavy atom. The van der Waals surface area contributed by atoms with Gasteiger partial charge in [-0.3, -0.25) is 4.79 Å². The molecule has 0 saturated carbocycles. The first kappa shape index (κ1) is 19.0. The highest BCUT2D eigenvalue weighted by Crippen LogP contribution is 2.23. The van der Waals surface area contributed by atoms with Crippen molar-refractivity contribution < 1.29 is 22.8 Å². The van der Waals surface area contributed by atoms with Crippen LogP contribution in [0, 0.1) is 11.6 Å². The van der Waals surface area contributed by atoms with Crippen LogP contribution in [0.5, 0.6) is 0 Å². The van der Waals surface area contributed by atoms with Gasteiger partial charge in [-0.1, -0.05) is 36.3 Å². The summed E-state index contributed by atoms with van der Waals surface area (Å²) in [5.74, 6) is -1.38. The molecule has 8 heteroatoms. The van der Waals surface area contributed by atoms with E-state index in [1.165, 1.54) is 5.56 Å². The number of nitrogens with zero attached hydrogens (tertiary/aromatic N) is 2. The molecule has 2 aromatic carbocycles. The van der Waals surface area contributed by atoms with E-state index < -0.39 is 17.6 Å². The number of carbonyl (C=O) groups excluding carboxylic acids is 1. The fourth-order valence-corrected chi connectivity index (χ4v) is 2.99. The number of hydrogen-bond donors (Lipinski definition) is 0. The van der Waals surface area contributed by atoms with Crippen LogP contribution in [0.4, 0.5) is 8.78 Å². The first-order valence-electron chi connectivity index (χ1n) is 8.20. The van der Waals surface area contributed by atoms with E-state index in [0.717, 1.165) is 41.9 Å². The summed E-state index contributed by atoms with van der Waals surface area (Å²) in [6, 6.07) is 10.8. The summed E-state index contributed by atoms with van der Waals surface area (Å²) < 4.78 is 36.7. The summed E-state index contributed by atoms with van der Waals surface area (Å²) in [5.41, 5.74) is 1.99. The molecule has 0 N–H and O–H groups in total. The molecule has 1 aromatic heterocycles. The van der Waals surface area contributed by atoms with Gasteiger partial charge in [-0.05, 0) is 30.2 Å². The van der Waals surface area contributed by atoms with Gasteiger partial charge < -0.3 is 9.26 Å². The Balaban J connectivity index is 1.51. The minimum atomic E-state index is -0.601. The molecule has 3 aromatic rings. The van der Waals surface area contributed by atoms with E-state index in [4.69, 9.17) is 9.26 Å². The number of hydrogen-bond acceptors (Lipinski definition) is 6. The monoisotopic (exact) mass is 390 g/mol. The van der Waals surface area contributed by atoms with Crippen LogP contribution >= 0.6 is 11.8 Å². The van der Waals surface area contributed by atoms with Gasteiger partial charge in [-0.25, -0.2) is 8.78 Å². The molecule has 0 amide bonds. The number of halogens is 2. The highest BCUT2D eigenvalue weighted by atomic mass is 32.2. The van der Waals surface area contributed by atoms with Crippen molar-refractivity contribution in [3.63, 3.8) is 0 Å². The molecule has 0 unspecified atom stereocenters. The van der Waals surface area contributed by atoms with E-state index in [9.17, 15) is 13.6 Å². The molecule has 27 heavy (non-hydrogen) atoms. The normalized spacial score (nSPS) is 10.8. The maximum absolute atomic E-state index is 13.5. The third kappa shape index (κ3) is 5.13. The van der Waals surface area contributed by atoms with E-state index in [0.29, 0.717) is 5.82 Å². The smallest absolute Gasteiger partial charge is 0.316 e. The number of thioether (sulfide) groups is 1. The fourth-order valence-electron chi connectivity index (χ4n) is 2.23. The van der Waals surface area contributed by atoms with Gasteiger partial charge in [0.2, 0.25) is 5.82 Å². The topological polar surface area (TPSA) is 65.2 Å². The molecule has 0 atom stereocenters. The lowest BCUT2D eigenvalue weighted by Gasteiger charge is -2.03. The van der Waals surface area contributed by atoms with E-state index in [2.05, 4.69) is 17.1 Å². The molecule has 0 radical (unpaired) electrons. The number of esters is 1. The lowest BCUT2D eigenvalue weighted by molar-refractivity contribution is -0.142. The Bertz CT molecular complexity index is 929. The van der Waals surface area contributed by atoms with Crippen LogP contribution in [-0.4, -0.2) is 21.9 Å². The zero-order valence-electron chi connectivity index (χ0n) is 14.4. The second-order valence-electron chi connectivity index (χ2n) is 5.59. The second-order valence-corrected chi connectivity index (χ2v) is 6.60. The molecule has 140 valence electrons. The van der Waals surface area contributed by atoms with Crippen LogP contribution in [-0.2, 0) is 22.6 Å². The maximum atomic E-state index is 13.5. The van der Waals surface area contributed by atoms with Gasteiger partial charge in [0.15, 0.2) is 6.61 Å². The highest BCUT2D eigenvalue weighted by molar-refractivity contribution is 8.00. The molecular weight excluding hydrogens is 374 g/mol. The molecule has 0 aliphatic heterocycles. The Morgan fingerprint density at radius 2 is 1.96 bits per heavy atom. The predicted molar refractivity (Wildman–Crippen MR) is 96.0 cm³/mol. The van der Waals surface area contributed by atoms with Crippen molar-refractivity contribution in [2.45, 2.75) is 24.8 Å². The summed E-state index contributed by atoms with van der Waals surface area (Å²) in [6.45, 7) is 1.88. The van der Waals surface area contributed by atoms with Gasteiger partial charge in [-0.2, -0.15) is 4.98 Å². The fraction of sp³-hybridized carbons (Fsp3) is 0.211. The van der Waals surface area contributed by atoms with Gasteiger partial charge in [0.1, 0.15) is 11.6 Å². The lowest BCUT2D eigenvalue weighted by Crippen LogP contribution is -2.07. The van der Waals surface area contributed by atoms with E-state index >= 15 is 0 Å². The molecule has 0 fully saturated rings. The minimum Gasteiger partial charge on any atom is -0.455 e. The third-order valence-corrected chi connectivity index (χ3v) is 4.69.